The molecule has 0 aromatic heterocycles. The predicted molar refractivity (Wildman–Crippen MR) is 46.2 cm³/mol. The molecule has 1 atom stereocenters. The highest BCUT2D eigenvalue weighted by Gasteiger charge is 2.15. The minimum Gasteiger partial charge on any atom is -0.481 e. The van der Waals surface area contributed by atoms with Gasteiger partial charge in [-0.2, -0.15) is 0 Å². The van der Waals surface area contributed by atoms with Crippen molar-refractivity contribution >= 4 is 17.9 Å². The molecule has 0 amide bonds. The summed E-state index contributed by atoms with van der Waals surface area (Å²) < 4.78 is 0. The summed E-state index contributed by atoms with van der Waals surface area (Å²) in [7, 11) is 0. The molecule has 0 heterocycles. The molecular formula is C8H10O7. The quantitative estimate of drug-likeness (QED) is 0.433. The molecule has 0 rings (SSSR count). The Morgan fingerprint density at radius 2 is 1.67 bits per heavy atom. The molecule has 15 heavy (non-hydrogen) atoms. The fraction of sp³-hybridized carbons (Fsp3) is 0.375. The third-order valence-corrected chi connectivity index (χ3v) is 1.49. The number of aliphatic hydroxyl groups excluding tert-OH is 1. The van der Waals surface area contributed by atoms with Gasteiger partial charge in [0.25, 0.3) is 0 Å². The monoisotopic (exact) mass is 218 g/mol. The Balaban J connectivity index is 4.49. The summed E-state index contributed by atoms with van der Waals surface area (Å²) in [6, 6.07) is 0. The molecule has 0 aliphatic heterocycles. The van der Waals surface area contributed by atoms with Crippen LogP contribution in [0.5, 0.6) is 0 Å². The van der Waals surface area contributed by atoms with Crippen LogP contribution in [0, 0.1) is 0 Å². The third-order valence-electron chi connectivity index (χ3n) is 1.49. The summed E-state index contributed by atoms with van der Waals surface area (Å²) in [5.41, 5.74) is -0.456. The summed E-state index contributed by atoms with van der Waals surface area (Å²) in [6.45, 7) is 0. The number of hydrogen-bond acceptors (Lipinski definition) is 4. The molecule has 0 saturated carbocycles. The van der Waals surface area contributed by atoms with Crippen LogP contribution in [0.15, 0.2) is 11.6 Å². The minimum absolute atomic E-state index is 0.440. The van der Waals surface area contributed by atoms with Crippen LogP contribution in [-0.4, -0.2) is 44.4 Å². The molecule has 0 fully saturated rings. The van der Waals surface area contributed by atoms with Crippen LogP contribution in [0.2, 0.25) is 0 Å². The van der Waals surface area contributed by atoms with E-state index in [1.165, 1.54) is 0 Å². The normalized spacial score (nSPS) is 13.3. The second kappa shape index (κ2) is 5.76. The van der Waals surface area contributed by atoms with Crippen LogP contribution in [0.1, 0.15) is 12.8 Å². The Labute approximate surface area is 84.3 Å². The smallest absolute Gasteiger partial charge is 0.332 e. The topological polar surface area (TPSA) is 132 Å². The highest BCUT2D eigenvalue weighted by atomic mass is 16.4. The largest absolute Gasteiger partial charge is 0.481 e. The van der Waals surface area contributed by atoms with E-state index in [1.807, 2.05) is 0 Å². The molecule has 0 aliphatic carbocycles. The highest BCUT2D eigenvalue weighted by Crippen LogP contribution is 2.05. The van der Waals surface area contributed by atoms with Crippen LogP contribution in [0.25, 0.3) is 0 Å². The molecule has 4 N–H and O–H groups in total. The fourth-order valence-electron chi connectivity index (χ4n) is 0.753. The number of rotatable bonds is 6. The number of aliphatic carboxylic acids is 3. The first-order valence-electron chi connectivity index (χ1n) is 3.89. The molecule has 0 radical (unpaired) electrons. The zero-order valence-corrected chi connectivity index (χ0v) is 7.58. The summed E-state index contributed by atoms with van der Waals surface area (Å²) in [5.74, 6) is -4.28. The second-order valence-corrected chi connectivity index (χ2v) is 2.69. The van der Waals surface area contributed by atoms with E-state index in [2.05, 4.69) is 0 Å². The van der Waals surface area contributed by atoms with Gasteiger partial charge < -0.3 is 20.4 Å². The number of hydrogen-bond donors (Lipinski definition) is 4. The lowest BCUT2D eigenvalue weighted by atomic mass is 10.1. The van der Waals surface area contributed by atoms with Gasteiger partial charge in [0.15, 0.2) is 6.10 Å². The van der Waals surface area contributed by atoms with E-state index in [4.69, 9.17) is 20.4 Å². The zero-order valence-electron chi connectivity index (χ0n) is 7.58. The maximum absolute atomic E-state index is 10.5. The lowest BCUT2D eigenvalue weighted by Crippen LogP contribution is -2.19. The predicted octanol–water partition coefficient (Wildman–Crippen LogP) is -0.692. The Hall–Kier alpha value is -1.89. The number of aliphatic hydroxyl groups is 1. The molecule has 0 aliphatic rings. The van der Waals surface area contributed by atoms with Gasteiger partial charge in [0, 0.05) is 12.0 Å². The van der Waals surface area contributed by atoms with Gasteiger partial charge in [-0.3, -0.25) is 4.79 Å². The van der Waals surface area contributed by atoms with Gasteiger partial charge in [0.1, 0.15) is 0 Å². The molecule has 7 heteroatoms. The van der Waals surface area contributed by atoms with Gasteiger partial charge in [-0.25, -0.2) is 9.59 Å². The lowest BCUT2D eigenvalue weighted by molar-refractivity contribution is -0.146. The maximum Gasteiger partial charge on any atom is 0.332 e. The van der Waals surface area contributed by atoms with E-state index >= 15 is 0 Å². The Kier molecular flexibility index (Phi) is 5.03. The van der Waals surface area contributed by atoms with Crippen LogP contribution >= 0.6 is 0 Å². The van der Waals surface area contributed by atoms with Crippen molar-refractivity contribution in [1.29, 1.82) is 0 Å². The molecule has 0 aromatic carbocycles. The SMILES string of the molecule is O=C(O)C/C(=C/CC(O)C(=O)O)C(=O)O. The molecule has 7 nitrogen and oxygen atoms in total. The first-order chi connectivity index (χ1) is 6.84. The Bertz CT molecular complexity index is 304. The van der Waals surface area contributed by atoms with Gasteiger partial charge in [-0.1, -0.05) is 6.08 Å². The van der Waals surface area contributed by atoms with Crippen molar-refractivity contribution in [2.75, 3.05) is 0 Å². The van der Waals surface area contributed by atoms with Crippen molar-refractivity contribution in [3.05, 3.63) is 11.6 Å². The Morgan fingerprint density at radius 3 is 2.00 bits per heavy atom. The van der Waals surface area contributed by atoms with Crippen molar-refractivity contribution in [2.45, 2.75) is 18.9 Å². The van der Waals surface area contributed by atoms with Gasteiger partial charge in [0.05, 0.1) is 6.42 Å². The molecule has 0 bridgehead atoms. The van der Waals surface area contributed by atoms with Gasteiger partial charge >= 0.3 is 17.9 Å². The van der Waals surface area contributed by atoms with Crippen LogP contribution in [0.3, 0.4) is 0 Å². The molecule has 1 unspecified atom stereocenters. The van der Waals surface area contributed by atoms with E-state index in [9.17, 15) is 14.4 Å². The Morgan fingerprint density at radius 1 is 1.13 bits per heavy atom. The molecular weight excluding hydrogens is 208 g/mol. The molecule has 0 saturated heterocycles. The average Bonchev–Trinajstić information content (AvgIpc) is 2.10. The van der Waals surface area contributed by atoms with Crippen molar-refractivity contribution in [2.24, 2.45) is 0 Å². The summed E-state index contributed by atoms with van der Waals surface area (Å²) in [5, 5.41) is 33.9. The first-order valence-corrected chi connectivity index (χ1v) is 3.89. The summed E-state index contributed by atoms with van der Waals surface area (Å²) in [4.78, 5) is 30.8. The first kappa shape index (κ1) is 13.1. The third kappa shape index (κ3) is 5.42. The van der Waals surface area contributed by atoms with E-state index in [0.717, 1.165) is 6.08 Å². The standard InChI is InChI=1S/C8H10O7/c9-5(8(14)15)2-1-4(7(12)13)3-6(10)11/h1,5,9H,2-3H2,(H,10,11)(H,12,13)(H,14,15)/b4-1-. The van der Waals surface area contributed by atoms with Crippen molar-refractivity contribution in [1.82, 2.24) is 0 Å². The average molecular weight is 218 g/mol. The summed E-state index contributed by atoms with van der Waals surface area (Å²) >= 11 is 0. The van der Waals surface area contributed by atoms with Crippen LogP contribution < -0.4 is 0 Å². The van der Waals surface area contributed by atoms with Crippen molar-refractivity contribution in [3.8, 4) is 0 Å². The van der Waals surface area contributed by atoms with Crippen LogP contribution in [0.4, 0.5) is 0 Å². The van der Waals surface area contributed by atoms with E-state index in [1.54, 1.807) is 0 Å². The van der Waals surface area contributed by atoms with Gasteiger partial charge in [-0.15, -0.1) is 0 Å². The molecule has 0 aromatic rings. The molecule has 0 spiro atoms. The number of carboxylic acid groups (broad SMARTS) is 3. The van der Waals surface area contributed by atoms with Crippen LogP contribution in [-0.2, 0) is 14.4 Å². The summed E-state index contributed by atoms with van der Waals surface area (Å²) in [6.07, 6.45) is -2.01. The second-order valence-electron chi connectivity index (χ2n) is 2.69. The van der Waals surface area contributed by atoms with Crippen molar-refractivity contribution < 1.29 is 34.8 Å². The van der Waals surface area contributed by atoms with E-state index in [-0.39, 0.29) is 0 Å². The maximum atomic E-state index is 10.5. The van der Waals surface area contributed by atoms with Gasteiger partial charge in [-0.05, 0) is 0 Å². The highest BCUT2D eigenvalue weighted by molar-refractivity contribution is 5.92. The van der Waals surface area contributed by atoms with E-state index < -0.39 is 42.4 Å². The minimum atomic E-state index is -1.73. The number of carboxylic acids is 3. The lowest BCUT2D eigenvalue weighted by Gasteiger charge is -2.02. The molecule has 84 valence electrons. The van der Waals surface area contributed by atoms with E-state index in [0.29, 0.717) is 0 Å². The zero-order chi connectivity index (χ0) is 12.0. The van der Waals surface area contributed by atoms with Gasteiger partial charge in [0.2, 0.25) is 0 Å². The van der Waals surface area contributed by atoms with Crippen molar-refractivity contribution in [3.63, 3.8) is 0 Å². The fourth-order valence-corrected chi connectivity index (χ4v) is 0.753. The number of carbonyl (C=O) groups is 3.